The maximum atomic E-state index is 10.9. The number of halogens is 16. The number of aromatic nitrogens is 3. The lowest BCUT2D eigenvalue weighted by atomic mass is 9.99. The van der Waals surface area contributed by atoms with E-state index in [1.807, 2.05) is 45.9 Å². The molecule has 3 aromatic heterocycles. The molecule has 0 aliphatic heterocycles. The lowest BCUT2D eigenvalue weighted by Gasteiger charge is -2.06. The number of hydrogen-bond donors (Lipinski definition) is 5. The predicted molar refractivity (Wildman–Crippen MR) is 440 cm³/mol. The van der Waals surface area contributed by atoms with Crippen LogP contribution in [0.25, 0.3) is 33.8 Å². The van der Waals surface area contributed by atoms with Crippen LogP contribution in [-0.2, 0) is 52.0 Å². The first-order chi connectivity index (χ1) is 50.6. The fourth-order valence-electron chi connectivity index (χ4n) is 8.33. The molecule has 6 aromatic carbocycles. The van der Waals surface area contributed by atoms with Gasteiger partial charge in [-0.15, -0.1) is 11.6 Å². The van der Waals surface area contributed by atoms with Crippen LogP contribution in [0.1, 0.15) is 156 Å². The first-order valence-corrected chi connectivity index (χ1v) is 38.8. The molecule has 3 heterocycles. The van der Waals surface area contributed by atoms with Gasteiger partial charge in [-0.05, 0) is 86.1 Å². The quantitative estimate of drug-likeness (QED) is 0.00877. The minimum atomic E-state index is -1.67. The van der Waals surface area contributed by atoms with E-state index in [1.165, 1.54) is 6.21 Å². The fourth-order valence-corrected chi connectivity index (χ4v) is 12.2. The van der Waals surface area contributed by atoms with Crippen molar-refractivity contribution >= 4 is 229 Å². The third-order valence-electron chi connectivity index (χ3n) is 13.1. The molecule has 20 nitrogen and oxygen atoms in total. The number of nitrogens with two attached hydrogens (primary N) is 1. The Hall–Kier alpha value is -5.25. The summed E-state index contributed by atoms with van der Waals surface area (Å²) in [7, 11) is 7.36. The van der Waals surface area contributed by atoms with Gasteiger partial charge in [0.1, 0.15) is 46.6 Å². The zero-order valence-electron chi connectivity index (χ0n) is 58.0. The number of alkyl halides is 1. The number of ketones is 1. The van der Waals surface area contributed by atoms with E-state index in [9.17, 15) is 19.5 Å². The molecule has 0 amide bonds. The van der Waals surface area contributed by atoms with Crippen molar-refractivity contribution in [3.8, 4) is 33.8 Å². The highest BCUT2D eigenvalue weighted by Gasteiger charge is 2.25. The fraction of sp³-hybridized carbons (Fsp3) is 0.282. The molecular weight excluding hydrogens is 1760 g/mol. The SMILES string of the molecule is C.CC(C)c1onc(-c2c(Cl)cccc2Cl)c1CCl.CC(C)c1onc(-c2c(Cl)cccc2Cl)c1CO.CCOC(=O)CC(=O)C(C)C.CCc1c(-c2c(Cl)cccc2Cl)noc1C(C)C.NO.O/N=C(\Cl)c1c(Cl)cccc1Cl.O/N=C/c1c(Cl)cccc1Cl.O=C=O.O=Cc1c(Cl)cccc1Cl.O=S(Cl)Cl. The third-order valence-corrected chi connectivity index (χ3v) is 17.5. The van der Waals surface area contributed by atoms with Crippen LogP contribution in [0.3, 0.4) is 0 Å². The number of rotatable bonds is 16. The number of hydrogen-bond acceptors (Lipinski definition) is 20. The summed E-state index contributed by atoms with van der Waals surface area (Å²) < 4.78 is 29.8. The highest BCUT2D eigenvalue weighted by molar-refractivity contribution is 8.26. The molecule has 0 unspecified atom stereocenters. The van der Waals surface area contributed by atoms with Crippen molar-refractivity contribution in [2.45, 2.75) is 120 Å². The Labute approximate surface area is 707 Å². The van der Waals surface area contributed by atoms with Gasteiger partial charge in [-0.3, -0.25) is 14.4 Å². The van der Waals surface area contributed by atoms with Crippen LogP contribution >= 0.6 is 184 Å². The smallest absolute Gasteiger partial charge is 0.373 e. The average molecular weight is 1830 g/mol. The maximum absolute atomic E-state index is 10.9. The third kappa shape index (κ3) is 34.8. The molecule has 0 radical (unpaired) electrons. The van der Waals surface area contributed by atoms with E-state index in [2.05, 4.69) is 78.6 Å². The molecule has 9 rings (SSSR count). The minimum Gasteiger partial charge on any atom is -0.466 e. The highest BCUT2D eigenvalue weighted by Crippen LogP contribution is 2.42. The highest BCUT2D eigenvalue weighted by atomic mass is 36.0. The summed E-state index contributed by atoms with van der Waals surface area (Å²) in [6.45, 7) is 19.7. The number of esters is 1. The molecule has 6 N–H and O–H groups in total. The predicted octanol–water partition coefficient (Wildman–Crippen LogP) is 25.7. The zero-order valence-corrected chi connectivity index (χ0v) is 70.9. The summed E-state index contributed by atoms with van der Waals surface area (Å²) >= 11 is 82.7. The Morgan fingerprint density at radius 1 is 0.546 bits per heavy atom. The van der Waals surface area contributed by atoms with Gasteiger partial charge in [-0.1, -0.05) is 283 Å². The molecule has 0 bridgehead atoms. The van der Waals surface area contributed by atoms with E-state index < -0.39 is 15.2 Å². The number of carbonyl (C=O) groups excluding carboxylic acids is 5. The monoisotopic (exact) mass is 1830 g/mol. The number of oxime groups is 2. The molecule has 0 saturated carbocycles. The molecule has 108 heavy (non-hydrogen) atoms. The second-order valence-corrected chi connectivity index (χ2v) is 29.5. The van der Waals surface area contributed by atoms with Crippen molar-refractivity contribution < 1.29 is 67.2 Å². The van der Waals surface area contributed by atoms with Crippen molar-refractivity contribution in [1.82, 2.24) is 15.5 Å². The van der Waals surface area contributed by atoms with E-state index in [0.717, 1.165) is 40.3 Å². The lowest BCUT2D eigenvalue weighted by Crippen LogP contribution is -2.15. The molecule has 0 spiro atoms. The van der Waals surface area contributed by atoms with E-state index in [0.29, 0.717) is 135 Å². The van der Waals surface area contributed by atoms with Crippen molar-refractivity contribution in [2.75, 3.05) is 6.61 Å². The van der Waals surface area contributed by atoms with Crippen LogP contribution in [0, 0.1) is 5.92 Å². The van der Waals surface area contributed by atoms with E-state index in [-0.39, 0.29) is 55.3 Å². The molecule has 0 fully saturated rings. The molecule has 0 aliphatic carbocycles. The summed E-state index contributed by atoms with van der Waals surface area (Å²) in [6.07, 6.45) is 2.84. The molecule has 9 aromatic rings. The molecule has 590 valence electrons. The summed E-state index contributed by atoms with van der Waals surface area (Å²) in [5.74, 6) is 6.21. The van der Waals surface area contributed by atoms with Crippen molar-refractivity contribution in [1.29, 1.82) is 0 Å². The molecule has 0 atom stereocenters. The van der Waals surface area contributed by atoms with Gasteiger partial charge >= 0.3 is 12.1 Å². The molecular formula is C71H74Cl16N6O14S. The van der Waals surface area contributed by atoms with Crippen molar-refractivity contribution in [3.63, 3.8) is 0 Å². The Balaban J connectivity index is 0. The van der Waals surface area contributed by atoms with E-state index in [4.69, 9.17) is 205 Å². The van der Waals surface area contributed by atoms with Crippen molar-refractivity contribution in [2.24, 2.45) is 22.1 Å². The van der Waals surface area contributed by atoms with Gasteiger partial charge in [0.05, 0.1) is 96.7 Å². The zero-order chi connectivity index (χ0) is 82.0. The largest absolute Gasteiger partial charge is 0.466 e. The summed E-state index contributed by atoms with van der Waals surface area (Å²) in [6, 6.07) is 30.9. The van der Waals surface area contributed by atoms with Crippen LogP contribution < -0.4 is 5.90 Å². The van der Waals surface area contributed by atoms with E-state index >= 15 is 0 Å². The first kappa shape index (κ1) is 105. The summed E-state index contributed by atoms with van der Waals surface area (Å²) in [5, 5.41) is 56.0. The number of Topliss-reactive ketones (excluding diaryl/α,β-unsaturated/α-hetero) is 1. The number of aldehydes is 1. The Morgan fingerprint density at radius 2 is 0.833 bits per heavy atom. The summed E-state index contributed by atoms with van der Waals surface area (Å²) in [4.78, 5) is 48.2. The van der Waals surface area contributed by atoms with Gasteiger partial charge in [-0.25, -0.2) is 10.1 Å². The molecule has 0 aliphatic rings. The number of benzene rings is 6. The van der Waals surface area contributed by atoms with Crippen LogP contribution in [0.2, 0.25) is 60.3 Å². The standard InChI is InChI=1S/C14H15Cl2NO.C13H12Cl3NO.C13H13Cl2NO2.C8H14O3.C7H4Cl3NO.C7H5Cl2NO.C7H4Cl2O.CO2.CH4.Cl2OS.H3NO/c1-4-9-13(17-18-14(9)8(2)3)12-10(15)6-5-7-11(12)16;1-7(2)13-8(6-14)12(17-18-13)11-9(15)4-3-5-10(11)16;1-7(2)13-8(6-17)12(16-18-13)11-9(14)4-3-5-10(11)15;1-4-11-8(10)5-7(9)6(2)3;8-4-2-1-3-5(9)6(4)7(10)11-12;8-6-2-1-3-7(9)5(6)4-10-11;8-6-2-1-3-7(9)5(6)4-10;2-1-3;;1-4(2)3;1-2/h5-8H,4H2,1-3H3;3-5,7H,6H2,1-2H3;3-5,7,17H,6H2,1-2H3;6H,4-5H2,1-3H3;1-3,12H;1-4,11H;1-4H;;1H4;;2H,1H2/b;;;;11-7-;10-4+;;;;;. The Kier molecular flexibility index (Phi) is 55.2. The van der Waals surface area contributed by atoms with Gasteiger partial charge in [0.15, 0.2) is 11.5 Å². The van der Waals surface area contributed by atoms with Gasteiger partial charge in [0.25, 0.3) is 0 Å². The number of carbonyl (C=O) groups is 3. The maximum Gasteiger partial charge on any atom is 0.373 e. The molecule has 0 saturated heterocycles. The molecule has 37 heteroatoms. The average Bonchev–Trinajstić information content (AvgIpc) is 1.65. The van der Waals surface area contributed by atoms with Gasteiger partial charge in [0, 0.05) is 84.0 Å². The van der Waals surface area contributed by atoms with Crippen LogP contribution in [-0.4, -0.2) is 82.6 Å². The Morgan fingerprint density at radius 3 is 1.09 bits per heavy atom. The van der Waals surface area contributed by atoms with Crippen LogP contribution in [0.5, 0.6) is 0 Å². The van der Waals surface area contributed by atoms with Gasteiger partial charge in [-0.2, -0.15) is 9.59 Å². The number of aliphatic hydroxyl groups excluding tert-OH is 1. The van der Waals surface area contributed by atoms with Crippen LogP contribution in [0.15, 0.2) is 133 Å². The lowest BCUT2D eigenvalue weighted by molar-refractivity contribution is -0.191. The number of nitrogens with zero attached hydrogens (tertiary/aromatic N) is 5. The topological polar surface area (TPSA) is 321 Å². The minimum absolute atomic E-state index is 0. The normalized spacial score (nSPS) is 10.3. The summed E-state index contributed by atoms with van der Waals surface area (Å²) in [5.41, 5.74) is 7.72. The second kappa shape index (κ2) is 56.9. The Bertz CT molecular complexity index is 4010. The number of ether oxygens (including phenoxy) is 1. The van der Waals surface area contributed by atoms with Crippen molar-refractivity contribution in [3.05, 3.63) is 220 Å². The van der Waals surface area contributed by atoms with E-state index in [1.54, 1.807) is 112 Å². The number of aliphatic hydroxyl groups is 1. The first-order valence-electron chi connectivity index (χ1n) is 30.5. The second-order valence-electron chi connectivity index (χ2n) is 21.5. The van der Waals surface area contributed by atoms with Gasteiger partial charge in [0.2, 0.25) is 9.23 Å². The van der Waals surface area contributed by atoms with Gasteiger partial charge < -0.3 is 39.0 Å². The van der Waals surface area contributed by atoms with Crippen LogP contribution in [0.4, 0.5) is 0 Å².